The van der Waals surface area contributed by atoms with Gasteiger partial charge in [-0.05, 0) is 12.8 Å². The Morgan fingerprint density at radius 3 is 2.75 bits per heavy atom. The first-order valence-electron chi connectivity index (χ1n) is 4.40. The third-order valence-corrected chi connectivity index (χ3v) is 1.46. The lowest BCUT2D eigenvalue weighted by Crippen LogP contribution is -2.05. The molecule has 0 aliphatic heterocycles. The van der Waals surface area contributed by atoms with Gasteiger partial charge in [0, 0.05) is 12.8 Å². The number of esters is 1. The minimum Gasteiger partial charge on any atom is -0.466 e. The Bertz CT molecular complexity index is 132. The van der Waals surface area contributed by atoms with Crippen molar-refractivity contribution in [1.29, 1.82) is 0 Å². The Labute approximate surface area is 73.1 Å². The number of carbonyl (C=O) groups is 2. The maximum Gasteiger partial charge on any atom is 0.305 e. The van der Waals surface area contributed by atoms with Crippen LogP contribution in [0.3, 0.4) is 0 Å². The normalized spacial score (nSPS) is 9.42. The molecule has 0 unspecified atom stereocenters. The Hall–Kier alpha value is -0.860. The van der Waals surface area contributed by atoms with Crippen molar-refractivity contribution in [2.24, 2.45) is 0 Å². The molecular weight excluding hydrogens is 156 g/mol. The molecule has 0 heterocycles. The Morgan fingerprint density at radius 2 is 2.17 bits per heavy atom. The van der Waals surface area contributed by atoms with Crippen molar-refractivity contribution in [3.8, 4) is 0 Å². The lowest BCUT2D eigenvalue weighted by atomic mass is 10.2. The lowest BCUT2D eigenvalue weighted by molar-refractivity contribution is -0.144. The summed E-state index contributed by atoms with van der Waals surface area (Å²) in [6.07, 6.45) is 4.33. The fourth-order valence-corrected chi connectivity index (χ4v) is 0.746. The number of rotatable bonds is 7. The van der Waals surface area contributed by atoms with Gasteiger partial charge in [0.2, 0.25) is 0 Å². The van der Waals surface area contributed by atoms with Crippen LogP contribution in [0.25, 0.3) is 0 Å². The molecule has 0 aliphatic carbocycles. The van der Waals surface area contributed by atoms with Crippen LogP contribution < -0.4 is 0 Å². The summed E-state index contributed by atoms with van der Waals surface area (Å²) in [7, 11) is 0. The smallest absolute Gasteiger partial charge is 0.305 e. The second-order valence-electron chi connectivity index (χ2n) is 2.63. The molecule has 0 aromatic heterocycles. The molecule has 0 aromatic rings. The first-order valence-corrected chi connectivity index (χ1v) is 4.40. The predicted octanol–water partition coefficient (Wildman–Crippen LogP) is 1.70. The van der Waals surface area contributed by atoms with E-state index in [2.05, 4.69) is 0 Å². The Kier molecular flexibility index (Phi) is 7.65. The summed E-state index contributed by atoms with van der Waals surface area (Å²) in [6.45, 7) is 2.40. The largest absolute Gasteiger partial charge is 0.466 e. The van der Waals surface area contributed by atoms with Crippen molar-refractivity contribution in [3.05, 3.63) is 0 Å². The summed E-state index contributed by atoms with van der Waals surface area (Å²) in [5.74, 6) is -0.150. The second kappa shape index (κ2) is 8.24. The molecule has 0 saturated carbocycles. The molecule has 0 aliphatic rings. The molecule has 0 rings (SSSR count). The van der Waals surface area contributed by atoms with Crippen LogP contribution in [0.15, 0.2) is 0 Å². The van der Waals surface area contributed by atoms with Crippen LogP contribution in [-0.4, -0.2) is 18.9 Å². The van der Waals surface area contributed by atoms with Crippen molar-refractivity contribution in [2.75, 3.05) is 6.61 Å². The van der Waals surface area contributed by atoms with E-state index in [-0.39, 0.29) is 5.97 Å². The number of carbonyl (C=O) groups excluding carboxylic acids is 2. The van der Waals surface area contributed by atoms with Crippen molar-refractivity contribution in [1.82, 2.24) is 0 Å². The number of unbranched alkanes of at least 4 members (excludes halogenated alkanes) is 2. The molecule has 3 nitrogen and oxygen atoms in total. The predicted molar refractivity (Wildman–Crippen MR) is 45.8 cm³/mol. The Balaban J connectivity index is 3.13. The van der Waals surface area contributed by atoms with Gasteiger partial charge in [0.05, 0.1) is 6.61 Å². The standard InChI is InChI=1S/C9H16O3/c1-2-3-6-9(11)12-8-5-4-7-10/h7H,2-6,8H2,1H3. The molecule has 0 fully saturated rings. The van der Waals surface area contributed by atoms with Gasteiger partial charge in [-0.25, -0.2) is 0 Å². The van der Waals surface area contributed by atoms with E-state index < -0.39 is 0 Å². The van der Waals surface area contributed by atoms with E-state index in [4.69, 9.17) is 4.74 Å². The van der Waals surface area contributed by atoms with Gasteiger partial charge in [-0.15, -0.1) is 0 Å². The SMILES string of the molecule is CCCCC(=O)OCCCC=O. The lowest BCUT2D eigenvalue weighted by Gasteiger charge is -2.01. The number of aldehydes is 1. The zero-order valence-electron chi connectivity index (χ0n) is 7.54. The van der Waals surface area contributed by atoms with Crippen molar-refractivity contribution in [2.45, 2.75) is 39.0 Å². The van der Waals surface area contributed by atoms with Gasteiger partial charge >= 0.3 is 5.97 Å². The summed E-state index contributed by atoms with van der Waals surface area (Å²) in [4.78, 5) is 20.7. The highest BCUT2D eigenvalue weighted by Gasteiger charge is 1.99. The zero-order valence-corrected chi connectivity index (χ0v) is 7.54. The third-order valence-electron chi connectivity index (χ3n) is 1.46. The van der Waals surface area contributed by atoms with Crippen molar-refractivity contribution in [3.63, 3.8) is 0 Å². The van der Waals surface area contributed by atoms with Crippen molar-refractivity contribution >= 4 is 12.3 Å². The van der Waals surface area contributed by atoms with Gasteiger partial charge in [-0.1, -0.05) is 13.3 Å². The van der Waals surface area contributed by atoms with Crippen LogP contribution in [-0.2, 0) is 14.3 Å². The fourth-order valence-electron chi connectivity index (χ4n) is 0.746. The summed E-state index contributed by atoms with van der Waals surface area (Å²) >= 11 is 0. The molecule has 70 valence electrons. The number of hydrogen-bond acceptors (Lipinski definition) is 3. The van der Waals surface area contributed by atoms with Gasteiger partial charge in [0.1, 0.15) is 6.29 Å². The highest BCUT2D eigenvalue weighted by Crippen LogP contribution is 1.97. The second-order valence-corrected chi connectivity index (χ2v) is 2.63. The van der Waals surface area contributed by atoms with E-state index in [0.29, 0.717) is 25.9 Å². The quantitative estimate of drug-likeness (QED) is 0.333. The van der Waals surface area contributed by atoms with Crippen LogP contribution in [0.5, 0.6) is 0 Å². The average molecular weight is 172 g/mol. The molecule has 0 bridgehead atoms. The van der Waals surface area contributed by atoms with E-state index in [1.165, 1.54) is 0 Å². The molecule has 0 atom stereocenters. The molecule has 12 heavy (non-hydrogen) atoms. The van der Waals surface area contributed by atoms with E-state index >= 15 is 0 Å². The van der Waals surface area contributed by atoms with Crippen LogP contribution >= 0.6 is 0 Å². The molecule has 0 aromatic carbocycles. The summed E-state index contributed by atoms with van der Waals surface area (Å²) in [6, 6.07) is 0. The minimum atomic E-state index is -0.150. The highest BCUT2D eigenvalue weighted by molar-refractivity contribution is 5.69. The summed E-state index contributed by atoms with van der Waals surface area (Å²) < 4.78 is 4.85. The zero-order chi connectivity index (χ0) is 9.23. The summed E-state index contributed by atoms with van der Waals surface area (Å²) in [5, 5.41) is 0. The maximum absolute atomic E-state index is 10.9. The molecule has 3 heteroatoms. The van der Waals surface area contributed by atoms with E-state index in [0.717, 1.165) is 19.1 Å². The van der Waals surface area contributed by atoms with Gasteiger partial charge in [0.15, 0.2) is 0 Å². The Morgan fingerprint density at radius 1 is 1.42 bits per heavy atom. The first kappa shape index (κ1) is 11.1. The molecule has 0 N–H and O–H groups in total. The average Bonchev–Trinajstić information content (AvgIpc) is 2.09. The first-order chi connectivity index (χ1) is 5.81. The van der Waals surface area contributed by atoms with Gasteiger partial charge in [0.25, 0.3) is 0 Å². The monoisotopic (exact) mass is 172 g/mol. The molecular formula is C9H16O3. The highest BCUT2D eigenvalue weighted by atomic mass is 16.5. The van der Waals surface area contributed by atoms with E-state index in [1.54, 1.807) is 0 Å². The fraction of sp³-hybridized carbons (Fsp3) is 0.778. The van der Waals surface area contributed by atoms with Crippen molar-refractivity contribution < 1.29 is 14.3 Å². The summed E-state index contributed by atoms with van der Waals surface area (Å²) in [5.41, 5.74) is 0. The van der Waals surface area contributed by atoms with Gasteiger partial charge in [-0.2, -0.15) is 0 Å². The topological polar surface area (TPSA) is 43.4 Å². The minimum absolute atomic E-state index is 0.150. The van der Waals surface area contributed by atoms with E-state index in [9.17, 15) is 9.59 Å². The molecule has 0 spiro atoms. The van der Waals surface area contributed by atoms with Crippen LogP contribution in [0.4, 0.5) is 0 Å². The molecule has 0 amide bonds. The number of hydrogen-bond donors (Lipinski definition) is 0. The van der Waals surface area contributed by atoms with Gasteiger partial charge < -0.3 is 9.53 Å². The van der Waals surface area contributed by atoms with Crippen LogP contribution in [0, 0.1) is 0 Å². The third kappa shape index (κ3) is 7.25. The molecule has 0 radical (unpaired) electrons. The maximum atomic E-state index is 10.9. The van der Waals surface area contributed by atoms with Crippen LogP contribution in [0.2, 0.25) is 0 Å². The van der Waals surface area contributed by atoms with Gasteiger partial charge in [-0.3, -0.25) is 4.79 Å². The van der Waals surface area contributed by atoms with Crippen LogP contribution in [0.1, 0.15) is 39.0 Å². The van der Waals surface area contributed by atoms with E-state index in [1.807, 2.05) is 6.92 Å². The number of ether oxygens (including phenoxy) is 1. The molecule has 0 saturated heterocycles.